The molecule has 88 valence electrons. The van der Waals surface area contributed by atoms with Gasteiger partial charge < -0.3 is 10.0 Å². The van der Waals surface area contributed by atoms with E-state index in [2.05, 4.69) is 0 Å². The second kappa shape index (κ2) is 6.83. The molecular formula is C12H23NO2. The highest BCUT2D eigenvalue weighted by atomic mass is 16.3. The van der Waals surface area contributed by atoms with Gasteiger partial charge in [-0.05, 0) is 31.6 Å². The maximum atomic E-state index is 11.6. The fourth-order valence-corrected chi connectivity index (χ4v) is 2.26. The summed E-state index contributed by atoms with van der Waals surface area (Å²) in [5.74, 6) is 0.965. The number of hydrogen-bond donors (Lipinski definition) is 1. The summed E-state index contributed by atoms with van der Waals surface area (Å²) in [5, 5.41) is 8.62. The van der Waals surface area contributed by atoms with Gasteiger partial charge in [-0.15, -0.1) is 0 Å². The summed E-state index contributed by atoms with van der Waals surface area (Å²) < 4.78 is 0. The lowest BCUT2D eigenvalue weighted by Gasteiger charge is -2.21. The Kier molecular flexibility index (Phi) is 5.69. The average Bonchev–Trinajstić information content (AvgIpc) is 2.70. The number of unbranched alkanes of at least 4 members (excludes halogenated alkanes) is 1. The third kappa shape index (κ3) is 4.65. The molecule has 0 radical (unpaired) electrons. The molecule has 0 aromatic carbocycles. The van der Waals surface area contributed by atoms with Gasteiger partial charge in [0.1, 0.15) is 0 Å². The lowest BCUT2D eigenvalue weighted by molar-refractivity contribution is -0.130. The average molecular weight is 213 g/mol. The lowest BCUT2D eigenvalue weighted by atomic mass is 10.1. The van der Waals surface area contributed by atoms with Gasteiger partial charge in [0.2, 0.25) is 5.91 Å². The molecule has 0 heterocycles. The normalized spacial score (nSPS) is 16.9. The number of hydrogen-bond acceptors (Lipinski definition) is 2. The van der Waals surface area contributed by atoms with E-state index in [9.17, 15) is 4.79 Å². The van der Waals surface area contributed by atoms with Crippen molar-refractivity contribution in [3.63, 3.8) is 0 Å². The highest BCUT2D eigenvalue weighted by Gasteiger charge is 2.18. The van der Waals surface area contributed by atoms with Crippen LogP contribution >= 0.6 is 0 Å². The maximum Gasteiger partial charge on any atom is 0.222 e. The van der Waals surface area contributed by atoms with E-state index >= 15 is 0 Å². The zero-order chi connectivity index (χ0) is 11.1. The first-order valence-electron chi connectivity index (χ1n) is 6.09. The SMILES string of the molecule is CN(CC1CCCC1)C(=O)CCCCO. The molecule has 0 atom stereocenters. The minimum absolute atomic E-state index is 0.194. The van der Waals surface area contributed by atoms with Gasteiger partial charge in [-0.25, -0.2) is 0 Å². The number of aliphatic hydroxyl groups excluding tert-OH is 1. The Morgan fingerprint density at radius 3 is 2.60 bits per heavy atom. The second-order valence-electron chi connectivity index (χ2n) is 4.61. The molecule has 1 amide bonds. The summed E-state index contributed by atoms with van der Waals surface area (Å²) in [6, 6.07) is 0. The topological polar surface area (TPSA) is 40.5 Å². The van der Waals surface area contributed by atoms with E-state index in [0.29, 0.717) is 6.42 Å². The summed E-state index contributed by atoms with van der Waals surface area (Å²) in [4.78, 5) is 13.5. The molecular weight excluding hydrogens is 190 g/mol. The van der Waals surface area contributed by atoms with E-state index in [0.717, 1.165) is 25.3 Å². The van der Waals surface area contributed by atoms with Gasteiger partial charge in [0.25, 0.3) is 0 Å². The van der Waals surface area contributed by atoms with Crippen molar-refractivity contribution < 1.29 is 9.90 Å². The maximum absolute atomic E-state index is 11.6. The molecule has 0 aromatic heterocycles. The van der Waals surface area contributed by atoms with E-state index in [4.69, 9.17) is 5.11 Å². The van der Waals surface area contributed by atoms with E-state index in [-0.39, 0.29) is 12.5 Å². The molecule has 0 spiro atoms. The van der Waals surface area contributed by atoms with Crippen molar-refractivity contribution in [2.24, 2.45) is 5.92 Å². The Bertz CT molecular complexity index is 188. The Balaban J connectivity index is 2.14. The molecule has 0 unspecified atom stereocenters. The van der Waals surface area contributed by atoms with E-state index in [1.165, 1.54) is 25.7 Å². The fourth-order valence-electron chi connectivity index (χ4n) is 2.26. The van der Waals surface area contributed by atoms with Gasteiger partial charge >= 0.3 is 0 Å². The van der Waals surface area contributed by atoms with Crippen LogP contribution in [0.3, 0.4) is 0 Å². The molecule has 1 N–H and O–H groups in total. The van der Waals surface area contributed by atoms with Crippen molar-refractivity contribution in [1.82, 2.24) is 4.90 Å². The van der Waals surface area contributed by atoms with Crippen LogP contribution in [-0.4, -0.2) is 36.1 Å². The third-order valence-electron chi connectivity index (χ3n) is 3.23. The zero-order valence-corrected chi connectivity index (χ0v) is 9.74. The predicted molar refractivity (Wildman–Crippen MR) is 60.5 cm³/mol. The highest BCUT2D eigenvalue weighted by molar-refractivity contribution is 5.75. The molecule has 1 rings (SSSR count). The summed E-state index contributed by atoms with van der Waals surface area (Å²) in [6.45, 7) is 1.12. The van der Waals surface area contributed by atoms with Crippen molar-refractivity contribution in [3.05, 3.63) is 0 Å². The van der Waals surface area contributed by atoms with Crippen molar-refractivity contribution in [3.8, 4) is 0 Å². The Morgan fingerprint density at radius 2 is 2.00 bits per heavy atom. The first-order chi connectivity index (χ1) is 7.24. The first-order valence-corrected chi connectivity index (χ1v) is 6.09. The molecule has 1 saturated carbocycles. The summed E-state index contributed by atoms with van der Waals surface area (Å²) in [5.41, 5.74) is 0. The second-order valence-corrected chi connectivity index (χ2v) is 4.61. The van der Waals surface area contributed by atoms with Gasteiger partial charge in [0.15, 0.2) is 0 Å². The molecule has 0 aromatic rings. The molecule has 1 aliphatic rings. The van der Waals surface area contributed by atoms with Crippen LogP contribution in [0.5, 0.6) is 0 Å². The number of amides is 1. The number of carbonyl (C=O) groups excluding carboxylic acids is 1. The minimum atomic E-state index is 0.194. The van der Waals surface area contributed by atoms with Crippen molar-refractivity contribution >= 4 is 5.91 Å². The van der Waals surface area contributed by atoms with Crippen LogP contribution in [0.4, 0.5) is 0 Å². The number of rotatable bonds is 6. The Labute approximate surface area is 92.5 Å². The van der Waals surface area contributed by atoms with Crippen LogP contribution in [0.1, 0.15) is 44.9 Å². The van der Waals surface area contributed by atoms with Crippen LogP contribution in [0.25, 0.3) is 0 Å². The van der Waals surface area contributed by atoms with Crippen LogP contribution < -0.4 is 0 Å². The minimum Gasteiger partial charge on any atom is -0.396 e. The van der Waals surface area contributed by atoms with E-state index < -0.39 is 0 Å². The van der Waals surface area contributed by atoms with Gasteiger partial charge in [0.05, 0.1) is 0 Å². The number of nitrogens with zero attached hydrogens (tertiary/aromatic N) is 1. The number of carbonyl (C=O) groups is 1. The van der Waals surface area contributed by atoms with Crippen LogP contribution in [0.15, 0.2) is 0 Å². The van der Waals surface area contributed by atoms with Crippen LogP contribution in [0, 0.1) is 5.92 Å². The smallest absolute Gasteiger partial charge is 0.222 e. The molecule has 15 heavy (non-hydrogen) atoms. The quantitative estimate of drug-likeness (QED) is 0.683. The number of aliphatic hydroxyl groups is 1. The standard InChI is InChI=1S/C12H23NO2/c1-13(10-11-6-2-3-7-11)12(15)8-4-5-9-14/h11,14H,2-10H2,1H3. The van der Waals surface area contributed by atoms with Crippen molar-refractivity contribution in [2.75, 3.05) is 20.2 Å². The Hall–Kier alpha value is -0.570. The van der Waals surface area contributed by atoms with Crippen molar-refractivity contribution in [1.29, 1.82) is 0 Å². The highest BCUT2D eigenvalue weighted by Crippen LogP contribution is 2.25. The molecule has 3 nitrogen and oxygen atoms in total. The van der Waals surface area contributed by atoms with E-state index in [1.807, 2.05) is 11.9 Å². The van der Waals surface area contributed by atoms with Gasteiger partial charge in [-0.1, -0.05) is 12.8 Å². The van der Waals surface area contributed by atoms with E-state index in [1.54, 1.807) is 0 Å². The molecule has 3 heteroatoms. The van der Waals surface area contributed by atoms with Gasteiger partial charge in [-0.2, -0.15) is 0 Å². The largest absolute Gasteiger partial charge is 0.396 e. The Morgan fingerprint density at radius 1 is 1.33 bits per heavy atom. The monoisotopic (exact) mass is 213 g/mol. The van der Waals surface area contributed by atoms with Crippen LogP contribution in [0.2, 0.25) is 0 Å². The third-order valence-corrected chi connectivity index (χ3v) is 3.23. The molecule has 0 saturated heterocycles. The molecule has 1 aliphatic carbocycles. The summed E-state index contributed by atoms with van der Waals surface area (Å²) in [7, 11) is 1.90. The lowest BCUT2D eigenvalue weighted by Crippen LogP contribution is -2.30. The summed E-state index contributed by atoms with van der Waals surface area (Å²) in [6.07, 6.45) is 7.37. The zero-order valence-electron chi connectivity index (χ0n) is 9.74. The summed E-state index contributed by atoms with van der Waals surface area (Å²) >= 11 is 0. The predicted octanol–water partition coefficient (Wildman–Crippen LogP) is 1.80. The molecule has 1 fully saturated rings. The van der Waals surface area contributed by atoms with Crippen molar-refractivity contribution in [2.45, 2.75) is 44.9 Å². The van der Waals surface area contributed by atoms with Crippen LogP contribution in [-0.2, 0) is 4.79 Å². The molecule has 0 aliphatic heterocycles. The van der Waals surface area contributed by atoms with Gasteiger partial charge in [0, 0.05) is 26.6 Å². The fraction of sp³-hybridized carbons (Fsp3) is 0.917. The van der Waals surface area contributed by atoms with Gasteiger partial charge in [-0.3, -0.25) is 4.79 Å². The molecule has 0 bridgehead atoms. The first kappa shape index (κ1) is 12.5.